The summed E-state index contributed by atoms with van der Waals surface area (Å²) in [6.45, 7) is 4.74. The van der Waals surface area contributed by atoms with E-state index in [1.165, 1.54) is 9.87 Å². The van der Waals surface area contributed by atoms with Gasteiger partial charge in [0.1, 0.15) is 5.65 Å². The molecule has 1 fully saturated rings. The van der Waals surface area contributed by atoms with Gasteiger partial charge in [-0.05, 0) is 44.4 Å². The maximum absolute atomic E-state index is 13.0. The zero-order valence-corrected chi connectivity index (χ0v) is 18.0. The van der Waals surface area contributed by atoms with Crippen LogP contribution in [0.25, 0.3) is 5.65 Å². The maximum Gasteiger partial charge on any atom is 0.281 e. The highest BCUT2D eigenvalue weighted by atomic mass is 32.2. The average Bonchev–Trinajstić information content (AvgIpc) is 3.18. The van der Waals surface area contributed by atoms with E-state index in [0.717, 1.165) is 11.3 Å². The second-order valence-corrected chi connectivity index (χ2v) is 10.0. The molecule has 6 nitrogen and oxygen atoms in total. The van der Waals surface area contributed by atoms with Crippen molar-refractivity contribution >= 4 is 15.9 Å². The Hall–Kier alpha value is -2.22. The molecule has 0 N–H and O–H groups in total. The van der Waals surface area contributed by atoms with E-state index >= 15 is 0 Å². The molecular formula is C22H28N4O2S. The largest absolute Gasteiger partial charge is 0.307 e. The molecule has 3 heterocycles. The van der Waals surface area contributed by atoms with Crippen LogP contribution in [0.4, 0.5) is 0 Å². The molecule has 154 valence electrons. The summed E-state index contributed by atoms with van der Waals surface area (Å²) >= 11 is 0. The molecule has 1 saturated heterocycles. The Bertz CT molecular complexity index is 1050. The smallest absolute Gasteiger partial charge is 0.281 e. The molecule has 0 aliphatic carbocycles. The molecule has 4 rings (SSSR count). The van der Waals surface area contributed by atoms with Gasteiger partial charge in [-0.1, -0.05) is 36.4 Å². The average molecular weight is 413 g/mol. The van der Waals surface area contributed by atoms with Gasteiger partial charge in [-0.15, -0.1) is 0 Å². The summed E-state index contributed by atoms with van der Waals surface area (Å²) in [5.74, 6) is 0. The number of rotatable bonds is 5. The van der Waals surface area contributed by atoms with Gasteiger partial charge < -0.3 is 4.40 Å². The summed E-state index contributed by atoms with van der Waals surface area (Å²) in [6, 6.07) is 16.3. The van der Waals surface area contributed by atoms with Gasteiger partial charge in [0.2, 0.25) is 0 Å². The van der Waals surface area contributed by atoms with Gasteiger partial charge in [0.25, 0.3) is 10.2 Å². The molecule has 1 aliphatic rings. The van der Waals surface area contributed by atoms with Gasteiger partial charge in [-0.2, -0.15) is 17.0 Å². The summed E-state index contributed by atoms with van der Waals surface area (Å²) in [4.78, 5) is 4.92. The molecule has 0 spiro atoms. The minimum atomic E-state index is -3.46. The molecule has 0 saturated carbocycles. The minimum absolute atomic E-state index is 0.0701. The minimum Gasteiger partial charge on any atom is -0.307 e. The van der Waals surface area contributed by atoms with Crippen LogP contribution in [0.15, 0.2) is 60.9 Å². The van der Waals surface area contributed by atoms with Crippen LogP contribution in [0.1, 0.15) is 37.9 Å². The lowest BCUT2D eigenvalue weighted by molar-refractivity contribution is 0.243. The van der Waals surface area contributed by atoms with Crippen LogP contribution in [0.3, 0.4) is 0 Å². The molecule has 1 aromatic carbocycles. The number of piperidine rings is 1. The number of hydrogen-bond acceptors (Lipinski definition) is 3. The normalized spacial score (nSPS) is 18.0. The number of nitrogens with zero attached hydrogens (tertiary/aromatic N) is 4. The fourth-order valence-corrected chi connectivity index (χ4v) is 5.70. The molecule has 0 bridgehead atoms. The van der Waals surface area contributed by atoms with E-state index < -0.39 is 10.2 Å². The summed E-state index contributed by atoms with van der Waals surface area (Å²) < 4.78 is 31.1. The van der Waals surface area contributed by atoms with Crippen molar-refractivity contribution in [1.82, 2.24) is 18.0 Å². The zero-order valence-electron chi connectivity index (χ0n) is 17.2. The molecule has 3 aromatic rings. The third kappa shape index (κ3) is 3.47. The van der Waals surface area contributed by atoms with E-state index in [2.05, 4.69) is 18.3 Å². The molecule has 0 unspecified atom stereocenters. The first kappa shape index (κ1) is 20.1. The Kier molecular flexibility index (Phi) is 5.23. The van der Waals surface area contributed by atoms with Crippen LogP contribution in [0.2, 0.25) is 0 Å². The van der Waals surface area contributed by atoms with Crippen molar-refractivity contribution < 1.29 is 8.42 Å². The Morgan fingerprint density at radius 2 is 1.69 bits per heavy atom. The number of aromatic nitrogens is 2. The molecule has 1 aliphatic heterocycles. The van der Waals surface area contributed by atoms with E-state index in [4.69, 9.17) is 4.98 Å². The van der Waals surface area contributed by atoms with Gasteiger partial charge in [0.15, 0.2) is 0 Å². The number of pyridine rings is 1. The van der Waals surface area contributed by atoms with Crippen molar-refractivity contribution in [2.24, 2.45) is 0 Å². The van der Waals surface area contributed by atoms with Crippen LogP contribution in [-0.4, -0.2) is 52.6 Å². The predicted octanol–water partition coefficient (Wildman–Crippen LogP) is 3.30. The van der Waals surface area contributed by atoms with Gasteiger partial charge in [0, 0.05) is 44.0 Å². The van der Waals surface area contributed by atoms with Crippen LogP contribution < -0.4 is 0 Å². The van der Waals surface area contributed by atoms with Gasteiger partial charge in [-0.25, -0.2) is 4.98 Å². The van der Waals surface area contributed by atoms with Crippen LogP contribution in [-0.2, 0) is 15.6 Å². The molecular weight excluding hydrogens is 384 g/mol. The SMILES string of the molecule is CC(C)N(C)S(=O)(=O)N1CCC(c2ccccc2)(c2cn3ccccc3n2)CC1. The molecule has 29 heavy (non-hydrogen) atoms. The highest BCUT2D eigenvalue weighted by Gasteiger charge is 2.43. The Morgan fingerprint density at radius 1 is 1.03 bits per heavy atom. The molecule has 0 amide bonds. The number of benzene rings is 1. The molecule has 7 heteroatoms. The lowest BCUT2D eigenvalue weighted by Crippen LogP contribution is -2.51. The van der Waals surface area contributed by atoms with Crippen LogP contribution >= 0.6 is 0 Å². The van der Waals surface area contributed by atoms with Crippen LogP contribution in [0, 0.1) is 0 Å². The first-order chi connectivity index (χ1) is 13.8. The zero-order chi connectivity index (χ0) is 20.6. The highest BCUT2D eigenvalue weighted by molar-refractivity contribution is 7.86. The van der Waals surface area contributed by atoms with Crippen LogP contribution in [0.5, 0.6) is 0 Å². The summed E-state index contributed by atoms with van der Waals surface area (Å²) in [5, 5.41) is 0. The lowest BCUT2D eigenvalue weighted by Gasteiger charge is -2.42. The Balaban J connectivity index is 1.71. The topological polar surface area (TPSA) is 57.9 Å². The van der Waals surface area contributed by atoms with Crippen molar-refractivity contribution in [2.45, 2.75) is 38.1 Å². The van der Waals surface area contributed by atoms with E-state index in [-0.39, 0.29) is 11.5 Å². The third-order valence-corrected chi connectivity index (χ3v) is 8.34. The van der Waals surface area contributed by atoms with E-state index in [1.54, 1.807) is 11.4 Å². The first-order valence-electron chi connectivity index (χ1n) is 10.1. The van der Waals surface area contributed by atoms with Crippen molar-refractivity contribution in [3.63, 3.8) is 0 Å². The maximum atomic E-state index is 13.0. The molecule has 0 atom stereocenters. The second kappa shape index (κ2) is 7.55. The Labute approximate surface area is 173 Å². The number of hydrogen-bond donors (Lipinski definition) is 0. The van der Waals surface area contributed by atoms with Gasteiger partial charge in [-0.3, -0.25) is 0 Å². The number of fused-ring (bicyclic) bond motifs is 1. The van der Waals surface area contributed by atoms with E-state index in [1.807, 2.05) is 60.8 Å². The van der Waals surface area contributed by atoms with Gasteiger partial charge in [0.05, 0.1) is 5.69 Å². The predicted molar refractivity (Wildman–Crippen MR) is 115 cm³/mol. The fourth-order valence-electron chi connectivity index (χ4n) is 4.16. The molecule has 0 radical (unpaired) electrons. The summed E-state index contributed by atoms with van der Waals surface area (Å²) in [6.07, 6.45) is 5.49. The fraction of sp³-hybridized carbons (Fsp3) is 0.409. The van der Waals surface area contributed by atoms with E-state index in [0.29, 0.717) is 25.9 Å². The Morgan fingerprint density at radius 3 is 2.31 bits per heavy atom. The number of imidazole rings is 1. The lowest BCUT2D eigenvalue weighted by atomic mass is 9.71. The third-order valence-electron chi connectivity index (χ3n) is 6.17. The monoisotopic (exact) mass is 412 g/mol. The summed E-state index contributed by atoms with van der Waals surface area (Å²) in [7, 11) is -1.81. The quantitative estimate of drug-likeness (QED) is 0.646. The van der Waals surface area contributed by atoms with E-state index in [9.17, 15) is 8.42 Å². The standard InChI is InChI=1S/C22H28N4O2S/c1-18(2)24(3)29(27,28)26-15-12-22(13-16-26,19-9-5-4-6-10-19)20-17-25-14-8-7-11-21(25)23-20/h4-11,14,17-18H,12-13,15-16H2,1-3H3. The van der Waals surface area contributed by atoms with Crippen molar-refractivity contribution in [1.29, 1.82) is 0 Å². The second-order valence-electron chi connectivity index (χ2n) is 8.06. The van der Waals surface area contributed by atoms with Crippen molar-refractivity contribution in [2.75, 3.05) is 20.1 Å². The highest BCUT2D eigenvalue weighted by Crippen LogP contribution is 2.42. The van der Waals surface area contributed by atoms with Crippen molar-refractivity contribution in [3.05, 3.63) is 72.2 Å². The summed E-state index contributed by atoms with van der Waals surface area (Å²) in [5.41, 5.74) is 2.81. The first-order valence-corrected chi connectivity index (χ1v) is 11.5. The van der Waals surface area contributed by atoms with Crippen molar-refractivity contribution in [3.8, 4) is 0 Å². The van der Waals surface area contributed by atoms with Gasteiger partial charge >= 0.3 is 0 Å². The molecule has 2 aromatic heterocycles.